The van der Waals surface area contributed by atoms with Gasteiger partial charge in [0.2, 0.25) is 0 Å². The molecule has 1 aliphatic rings. The fraction of sp³-hybridized carbons (Fsp3) is 0.625. The molecule has 0 saturated heterocycles. The SMILES string of the molecule is CCC(C)COc1c(C)cc(Br)cc1CNC1CC1. The number of nitrogens with one attached hydrogen (secondary N) is 1. The van der Waals surface area contributed by atoms with Crippen molar-refractivity contribution in [3.63, 3.8) is 0 Å². The number of benzene rings is 1. The van der Waals surface area contributed by atoms with Crippen LogP contribution in [0, 0.1) is 12.8 Å². The zero-order chi connectivity index (χ0) is 13.8. The molecule has 0 spiro atoms. The van der Waals surface area contributed by atoms with Crippen LogP contribution in [0.15, 0.2) is 16.6 Å². The third-order valence-corrected chi connectivity index (χ3v) is 4.14. The summed E-state index contributed by atoms with van der Waals surface area (Å²) in [4.78, 5) is 0. The molecule has 1 N–H and O–H groups in total. The number of ether oxygens (including phenoxy) is 1. The number of hydrogen-bond acceptors (Lipinski definition) is 2. The Morgan fingerprint density at radius 2 is 2.16 bits per heavy atom. The van der Waals surface area contributed by atoms with E-state index < -0.39 is 0 Å². The first-order chi connectivity index (χ1) is 9.10. The van der Waals surface area contributed by atoms with Crippen LogP contribution in [0.3, 0.4) is 0 Å². The van der Waals surface area contributed by atoms with E-state index in [9.17, 15) is 0 Å². The number of hydrogen-bond donors (Lipinski definition) is 1. The van der Waals surface area contributed by atoms with Gasteiger partial charge in [0.15, 0.2) is 0 Å². The summed E-state index contributed by atoms with van der Waals surface area (Å²) >= 11 is 3.58. The van der Waals surface area contributed by atoms with Crippen LogP contribution < -0.4 is 10.1 Å². The van der Waals surface area contributed by atoms with Crippen molar-refractivity contribution in [1.29, 1.82) is 0 Å². The summed E-state index contributed by atoms with van der Waals surface area (Å²) in [5.74, 6) is 1.67. The molecule has 0 heterocycles. The van der Waals surface area contributed by atoms with Crippen LogP contribution in [0.5, 0.6) is 5.75 Å². The van der Waals surface area contributed by atoms with Crippen molar-refractivity contribution in [2.75, 3.05) is 6.61 Å². The zero-order valence-electron chi connectivity index (χ0n) is 12.1. The van der Waals surface area contributed by atoms with Gasteiger partial charge in [0.05, 0.1) is 6.61 Å². The molecule has 2 nitrogen and oxygen atoms in total. The molecule has 1 aromatic rings. The lowest BCUT2D eigenvalue weighted by Gasteiger charge is -2.17. The predicted octanol–water partition coefficient (Wildman–Crippen LogP) is 4.43. The Morgan fingerprint density at radius 1 is 1.42 bits per heavy atom. The van der Waals surface area contributed by atoms with E-state index in [4.69, 9.17) is 4.74 Å². The van der Waals surface area contributed by atoms with E-state index in [1.807, 2.05) is 0 Å². The maximum atomic E-state index is 6.07. The van der Waals surface area contributed by atoms with Crippen LogP contribution >= 0.6 is 15.9 Å². The van der Waals surface area contributed by atoms with Gasteiger partial charge in [-0.25, -0.2) is 0 Å². The predicted molar refractivity (Wildman–Crippen MR) is 83.7 cm³/mol. The summed E-state index contributed by atoms with van der Waals surface area (Å²) < 4.78 is 7.20. The molecule has 1 saturated carbocycles. The molecular formula is C16H24BrNO. The van der Waals surface area contributed by atoms with Crippen molar-refractivity contribution in [2.24, 2.45) is 5.92 Å². The van der Waals surface area contributed by atoms with E-state index in [1.54, 1.807) is 0 Å². The van der Waals surface area contributed by atoms with Crippen molar-refractivity contribution in [3.8, 4) is 5.75 Å². The molecule has 1 fully saturated rings. The van der Waals surface area contributed by atoms with E-state index in [2.05, 4.69) is 54.2 Å². The van der Waals surface area contributed by atoms with Gasteiger partial charge in [-0.2, -0.15) is 0 Å². The van der Waals surface area contributed by atoms with Crippen molar-refractivity contribution in [2.45, 2.75) is 52.6 Å². The van der Waals surface area contributed by atoms with E-state index in [0.29, 0.717) is 5.92 Å². The van der Waals surface area contributed by atoms with Crippen molar-refractivity contribution >= 4 is 15.9 Å². The smallest absolute Gasteiger partial charge is 0.126 e. The second kappa shape index (κ2) is 6.76. The normalized spacial score (nSPS) is 16.4. The van der Waals surface area contributed by atoms with Gasteiger partial charge in [-0.1, -0.05) is 36.2 Å². The summed E-state index contributed by atoms with van der Waals surface area (Å²) in [7, 11) is 0. The highest BCUT2D eigenvalue weighted by Gasteiger charge is 2.21. The van der Waals surface area contributed by atoms with Gasteiger partial charge in [0.25, 0.3) is 0 Å². The maximum absolute atomic E-state index is 6.07. The lowest BCUT2D eigenvalue weighted by molar-refractivity contribution is 0.252. The number of halogens is 1. The Hall–Kier alpha value is -0.540. The van der Waals surface area contributed by atoms with Gasteiger partial charge in [0.1, 0.15) is 5.75 Å². The molecule has 0 aromatic heterocycles. The molecule has 1 atom stereocenters. The van der Waals surface area contributed by atoms with Gasteiger partial charge in [-0.05, 0) is 43.4 Å². The molecule has 1 aromatic carbocycles. The molecule has 0 bridgehead atoms. The van der Waals surface area contributed by atoms with Crippen LogP contribution in [-0.4, -0.2) is 12.6 Å². The number of aryl methyl sites for hydroxylation is 1. The summed E-state index contributed by atoms with van der Waals surface area (Å²) in [5, 5.41) is 3.57. The molecule has 0 aliphatic heterocycles. The minimum atomic E-state index is 0.604. The first-order valence-electron chi connectivity index (χ1n) is 7.25. The fourth-order valence-corrected chi connectivity index (χ4v) is 2.64. The Kier molecular flexibility index (Phi) is 5.28. The Balaban J connectivity index is 2.08. The van der Waals surface area contributed by atoms with Gasteiger partial charge in [-0.15, -0.1) is 0 Å². The molecular weight excluding hydrogens is 302 g/mol. The second-order valence-corrected chi connectivity index (χ2v) is 6.61. The molecule has 106 valence electrons. The van der Waals surface area contributed by atoms with Gasteiger partial charge < -0.3 is 10.1 Å². The van der Waals surface area contributed by atoms with Crippen LogP contribution in [0.1, 0.15) is 44.2 Å². The monoisotopic (exact) mass is 325 g/mol. The lowest BCUT2D eigenvalue weighted by Crippen LogP contribution is -2.17. The van der Waals surface area contributed by atoms with Gasteiger partial charge in [-0.3, -0.25) is 0 Å². The first-order valence-corrected chi connectivity index (χ1v) is 8.04. The van der Waals surface area contributed by atoms with E-state index in [-0.39, 0.29) is 0 Å². The summed E-state index contributed by atoms with van der Waals surface area (Å²) in [6, 6.07) is 5.03. The average Bonchev–Trinajstić information content (AvgIpc) is 3.18. The van der Waals surface area contributed by atoms with Crippen LogP contribution in [-0.2, 0) is 6.54 Å². The lowest BCUT2D eigenvalue weighted by atomic mass is 10.1. The van der Waals surface area contributed by atoms with Crippen LogP contribution in [0.25, 0.3) is 0 Å². The third-order valence-electron chi connectivity index (χ3n) is 3.68. The van der Waals surface area contributed by atoms with Crippen molar-refractivity contribution in [1.82, 2.24) is 5.32 Å². The molecule has 1 unspecified atom stereocenters. The molecule has 0 amide bonds. The molecule has 1 aliphatic carbocycles. The third kappa shape index (κ3) is 4.50. The highest BCUT2D eigenvalue weighted by atomic mass is 79.9. The van der Waals surface area contributed by atoms with Gasteiger partial charge in [0, 0.05) is 22.6 Å². The summed E-state index contributed by atoms with van der Waals surface area (Å²) in [5.41, 5.74) is 2.48. The van der Waals surface area contributed by atoms with E-state index >= 15 is 0 Å². The molecule has 2 rings (SSSR count). The van der Waals surface area contributed by atoms with Crippen molar-refractivity contribution < 1.29 is 4.74 Å². The van der Waals surface area contributed by atoms with Crippen molar-refractivity contribution in [3.05, 3.63) is 27.7 Å². The Labute approximate surface area is 125 Å². The first kappa shape index (κ1) is 14.9. The van der Waals surface area contributed by atoms with Gasteiger partial charge >= 0.3 is 0 Å². The highest BCUT2D eigenvalue weighted by Crippen LogP contribution is 2.29. The summed E-state index contributed by atoms with van der Waals surface area (Å²) in [6.45, 7) is 8.27. The maximum Gasteiger partial charge on any atom is 0.126 e. The van der Waals surface area contributed by atoms with E-state index in [0.717, 1.165) is 35.8 Å². The highest BCUT2D eigenvalue weighted by molar-refractivity contribution is 9.10. The minimum absolute atomic E-state index is 0.604. The van der Waals surface area contributed by atoms with Crippen LogP contribution in [0.4, 0.5) is 0 Å². The average molecular weight is 326 g/mol. The second-order valence-electron chi connectivity index (χ2n) is 5.69. The van der Waals surface area contributed by atoms with E-state index in [1.165, 1.54) is 24.0 Å². The summed E-state index contributed by atoms with van der Waals surface area (Å²) in [6.07, 6.45) is 3.79. The fourth-order valence-electron chi connectivity index (χ4n) is 2.02. The zero-order valence-corrected chi connectivity index (χ0v) is 13.7. The Bertz CT molecular complexity index is 429. The molecule has 3 heteroatoms. The standard InChI is InChI=1S/C16H24BrNO/c1-4-11(2)10-19-16-12(3)7-14(17)8-13(16)9-18-15-5-6-15/h7-8,11,15,18H,4-6,9-10H2,1-3H3. The van der Waals surface area contributed by atoms with Crippen LogP contribution in [0.2, 0.25) is 0 Å². The quantitative estimate of drug-likeness (QED) is 0.800. The number of rotatable bonds is 7. The Morgan fingerprint density at radius 3 is 2.79 bits per heavy atom. The topological polar surface area (TPSA) is 21.3 Å². The molecule has 0 radical (unpaired) electrons. The molecule has 19 heavy (non-hydrogen) atoms. The largest absolute Gasteiger partial charge is 0.493 e. The minimum Gasteiger partial charge on any atom is -0.493 e.